The molecule has 0 aromatic carbocycles. The highest BCUT2D eigenvalue weighted by molar-refractivity contribution is 5.37. The summed E-state index contributed by atoms with van der Waals surface area (Å²) in [7, 11) is 0. The van der Waals surface area contributed by atoms with E-state index in [1.807, 2.05) is 4.90 Å². The number of alkyl halides is 3. The lowest BCUT2D eigenvalue weighted by Crippen LogP contribution is -2.40. The monoisotopic (exact) mass is 381 g/mol. The van der Waals surface area contributed by atoms with Crippen LogP contribution in [0, 0.1) is 5.82 Å². The van der Waals surface area contributed by atoms with Gasteiger partial charge in [-0.15, -0.1) is 0 Å². The van der Waals surface area contributed by atoms with Crippen molar-refractivity contribution in [1.29, 1.82) is 0 Å². The van der Waals surface area contributed by atoms with Gasteiger partial charge >= 0.3 is 6.18 Å². The molecule has 2 fully saturated rings. The van der Waals surface area contributed by atoms with Crippen molar-refractivity contribution in [1.82, 2.24) is 19.9 Å². The average Bonchev–Trinajstić information content (AvgIpc) is 3.34. The Bertz CT molecular complexity index is 808. The van der Waals surface area contributed by atoms with Gasteiger partial charge in [-0.1, -0.05) is 0 Å². The van der Waals surface area contributed by atoms with E-state index in [1.54, 1.807) is 6.20 Å². The fourth-order valence-electron chi connectivity index (χ4n) is 3.59. The predicted octanol–water partition coefficient (Wildman–Crippen LogP) is 3.27. The van der Waals surface area contributed by atoms with Crippen molar-refractivity contribution < 1.29 is 17.6 Å². The summed E-state index contributed by atoms with van der Waals surface area (Å²) >= 11 is 0. The molecule has 0 N–H and O–H groups in total. The maximum Gasteiger partial charge on any atom is 0.433 e. The highest BCUT2D eigenvalue weighted by atomic mass is 19.4. The van der Waals surface area contributed by atoms with E-state index in [9.17, 15) is 17.6 Å². The molecule has 1 unspecified atom stereocenters. The van der Waals surface area contributed by atoms with E-state index < -0.39 is 11.9 Å². The summed E-state index contributed by atoms with van der Waals surface area (Å²) < 4.78 is 52.3. The molecule has 4 rings (SSSR count). The summed E-state index contributed by atoms with van der Waals surface area (Å²) in [6.07, 6.45) is 2.15. The number of pyridine rings is 1. The molecule has 2 aliphatic rings. The van der Waals surface area contributed by atoms with E-state index >= 15 is 0 Å². The minimum atomic E-state index is -4.49. The Labute approximate surface area is 154 Å². The normalized spacial score (nSPS) is 20.8. The molecule has 144 valence electrons. The second-order valence-corrected chi connectivity index (χ2v) is 7.07. The van der Waals surface area contributed by atoms with Gasteiger partial charge in [0.2, 0.25) is 5.95 Å². The lowest BCUT2D eigenvalue weighted by Gasteiger charge is -2.29. The van der Waals surface area contributed by atoms with Gasteiger partial charge < -0.3 is 4.90 Å². The van der Waals surface area contributed by atoms with Gasteiger partial charge in [0.15, 0.2) is 0 Å². The third-order valence-corrected chi connectivity index (χ3v) is 4.91. The van der Waals surface area contributed by atoms with Crippen molar-refractivity contribution in [3.05, 3.63) is 47.8 Å². The Morgan fingerprint density at radius 2 is 1.96 bits per heavy atom. The lowest BCUT2D eigenvalue weighted by molar-refractivity contribution is -0.141. The maximum absolute atomic E-state index is 13.3. The summed E-state index contributed by atoms with van der Waals surface area (Å²) in [6, 6.07) is 2.58. The van der Waals surface area contributed by atoms with Crippen LogP contribution in [0.2, 0.25) is 0 Å². The van der Waals surface area contributed by atoms with Crippen LogP contribution in [0.3, 0.4) is 0 Å². The second-order valence-electron chi connectivity index (χ2n) is 7.07. The number of aromatic nitrogens is 3. The molecule has 5 nitrogen and oxygen atoms in total. The molecule has 1 aliphatic carbocycles. The van der Waals surface area contributed by atoms with E-state index in [1.165, 1.54) is 12.3 Å². The molecule has 0 bridgehead atoms. The van der Waals surface area contributed by atoms with Crippen molar-refractivity contribution in [3.8, 4) is 0 Å². The molecular formula is C18H19F4N5. The van der Waals surface area contributed by atoms with Crippen molar-refractivity contribution >= 4 is 5.95 Å². The predicted molar refractivity (Wildman–Crippen MR) is 90.4 cm³/mol. The fraction of sp³-hybridized carbons (Fsp3) is 0.500. The van der Waals surface area contributed by atoms with Gasteiger partial charge in [-0.2, -0.15) is 13.2 Å². The molecule has 27 heavy (non-hydrogen) atoms. The van der Waals surface area contributed by atoms with Crippen LogP contribution < -0.4 is 4.90 Å². The van der Waals surface area contributed by atoms with Gasteiger partial charge in [-0.3, -0.25) is 9.88 Å². The van der Waals surface area contributed by atoms with Crippen LogP contribution in [0.25, 0.3) is 0 Å². The first kappa shape index (κ1) is 18.1. The van der Waals surface area contributed by atoms with E-state index in [0.29, 0.717) is 13.1 Å². The third-order valence-electron chi connectivity index (χ3n) is 4.91. The Morgan fingerprint density at radius 1 is 1.15 bits per heavy atom. The van der Waals surface area contributed by atoms with E-state index in [0.717, 1.165) is 43.6 Å². The first-order valence-corrected chi connectivity index (χ1v) is 8.90. The Balaban J connectivity index is 1.49. The highest BCUT2D eigenvalue weighted by Crippen LogP contribution is 2.36. The van der Waals surface area contributed by atoms with Gasteiger partial charge in [-0.25, -0.2) is 14.4 Å². The number of nitrogens with zero attached hydrogens (tertiary/aromatic N) is 5. The minimum Gasteiger partial charge on any atom is -0.334 e. The number of hydrogen-bond donors (Lipinski definition) is 0. The van der Waals surface area contributed by atoms with Gasteiger partial charge in [0.1, 0.15) is 11.5 Å². The quantitative estimate of drug-likeness (QED) is 0.744. The van der Waals surface area contributed by atoms with Gasteiger partial charge in [0.25, 0.3) is 0 Å². The van der Waals surface area contributed by atoms with E-state index in [-0.39, 0.29) is 23.8 Å². The smallest absolute Gasteiger partial charge is 0.334 e. The number of rotatable bonds is 5. The van der Waals surface area contributed by atoms with Crippen LogP contribution in [-0.2, 0) is 12.7 Å². The van der Waals surface area contributed by atoms with Crippen LogP contribution in [0.5, 0.6) is 0 Å². The summed E-state index contributed by atoms with van der Waals surface area (Å²) in [6.45, 7) is 2.01. The van der Waals surface area contributed by atoms with Crippen LogP contribution >= 0.6 is 0 Å². The summed E-state index contributed by atoms with van der Waals surface area (Å²) in [5.74, 6) is -0.230. The second kappa shape index (κ2) is 7.03. The molecule has 1 aliphatic heterocycles. The molecule has 1 saturated heterocycles. The first-order valence-electron chi connectivity index (χ1n) is 8.90. The molecule has 0 radical (unpaired) electrons. The largest absolute Gasteiger partial charge is 0.433 e. The summed E-state index contributed by atoms with van der Waals surface area (Å²) in [5.41, 5.74) is -0.136. The Hall–Kier alpha value is -2.29. The molecular weight excluding hydrogens is 362 g/mol. The fourth-order valence-corrected chi connectivity index (χ4v) is 3.59. The van der Waals surface area contributed by atoms with Crippen LogP contribution in [0.4, 0.5) is 23.5 Å². The SMILES string of the molecule is Fc1cncc(CN2CCC(N(c3nccc(C(F)(F)F)n3)C3CC3)C2)c1. The minimum absolute atomic E-state index is 0.0440. The molecule has 0 amide bonds. The molecule has 2 aromatic rings. The van der Waals surface area contributed by atoms with Crippen LogP contribution in [0.1, 0.15) is 30.5 Å². The van der Waals surface area contributed by atoms with Crippen LogP contribution in [0.15, 0.2) is 30.7 Å². The van der Waals surface area contributed by atoms with Crippen molar-refractivity contribution in [2.24, 2.45) is 0 Å². The maximum atomic E-state index is 13.3. The Kier molecular flexibility index (Phi) is 4.71. The molecule has 0 spiro atoms. The van der Waals surface area contributed by atoms with E-state index in [2.05, 4.69) is 19.9 Å². The molecule has 1 atom stereocenters. The van der Waals surface area contributed by atoms with Crippen molar-refractivity contribution in [2.45, 2.75) is 44.1 Å². The van der Waals surface area contributed by atoms with Gasteiger partial charge in [0, 0.05) is 44.1 Å². The number of hydrogen-bond acceptors (Lipinski definition) is 5. The molecule has 9 heteroatoms. The zero-order valence-corrected chi connectivity index (χ0v) is 14.5. The number of halogens is 4. The highest BCUT2D eigenvalue weighted by Gasteiger charge is 2.40. The van der Waals surface area contributed by atoms with Crippen molar-refractivity contribution in [3.63, 3.8) is 0 Å². The van der Waals surface area contributed by atoms with Gasteiger partial charge in [-0.05, 0) is 37.0 Å². The van der Waals surface area contributed by atoms with Crippen molar-refractivity contribution in [2.75, 3.05) is 18.0 Å². The zero-order valence-electron chi connectivity index (χ0n) is 14.5. The average molecular weight is 381 g/mol. The van der Waals surface area contributed by atoms with Gasteiger partial charge in [0.05, 0.1) is 6.20 Å². The summed E-state index contributed by atoms with van der Waals surface area (Å²) in [4.78, 5) is 15.9. The van der Waals surface area contributed by atoms with Crippen LogP contribution in [-0.4, -0.2) is 45.0 Å². The first-order chi connectivity index (χ1) is 12.9. The third kappa shape index (κ3) is 4.18. The summed E-state index contributed by atoms with van der Waals surface area (Å²) in [5, 5.41) is 0. The molecule has 2 aromatic heterocycles. The number of anilines is 1. The standard InChI is InChI=1S/C18H19F4N5/c19-13-7-12(8-23-9-13)10-26-6-4-15(11-26)27(14-1-2-14)17-24-5-3-16(25-17)18(20,21)22/h3,5,7-9,14-15H,1-2,4,6,10-11H2. The Morgan fingerprint density at radius 3 is 2.67 bits per heavy atom. The lowest BCUT2D eigenvalue weighted by atomic mass is 10.2. The van der Waals surface area contributed by atoms with E-state index in [4.69, 9.17) is 0 Å². The topological polar surface area (TPSA) is 45.2 Å². The number of likely N-dealkylation sites (tertiary alicyclic amines) is 1. The molecule has 3 heterocycles. The zero-order chi connectivity index (χ0) is 19.0. The molecule has 1 saturated carbocycles.